The Balaban J connectivity index is 2.34. The monoisotopic (exact) mass is 83.1 g/mol. The van der Waals surface area contributed by atoms with E-state index in [9.17, 15) is 0 Å². The van der Waals surface area contributed by atoms with Crippen LogP contribution in [0.1, 0.15) is 19.3 Å². The summed E-state index contributed by atoms with van der Waals surface area (Å²) in [6, 6.07) is 0. The third-order valence-corrected chi connectivity index (χ3v) is 0.658. The molecule has 0 bridgehead atoms. The molecule has 0 saturated carbocycles. The van der Waals surface area contributed by atoms with E-state index in [0.29, 0.717) is 0 Å². The zero-order chi connectivity index (χ0) is 4.83. The van der Waals surface area contributed by atoms with Gasteiger partial charge in [0.25, 0.3) is 0 Å². The summed E-state index contributed by atoms with van der Waals surface area (Å²) in [5.74, 6) is 0. The quantitative estimate of drug-likeness (QED) is 0.458. The molecule has 0 aromatic rings. The summed E-state index contributed by atoms with van der Waals surface area (Å²) in [6.45, 7) is 7.25. The molecule has 3 radical (unpaired) electrons. The van der Waals surface area contributed by atoms with E-state index in [0.717, 1.165) is 12.8 Å². The smallest absolute Gasteiger partial charge is 0.0386 e. The summed E-state index contributed by atoms with van der Waals surface area (Å²) in [5, 5.41) is 0. The van der Waals surface area contributed by atoms with Crippen LogP contribution in [0.5, 0.6) is 0 Å². The van der Waals surface area contributed by atoms with Gasteiger partial charge >= 0.3 is 0 Å². The number of hydrogen-bond acceptors (Lipinski definition) is 0. The number of unbranched alkanes of at least 4 members (excludes halogenated alkanes) is 3. The fourth-order valence-electron chi connectivity index (χ4n) is 0.289. The van der Waals surface area contributed by atoms with Crippen molar-refractivity contribution in [3.63, 3.8) is 0 Å². The molecule has 0 aliphatic rings. The minimum atomic E-state index is 1.03. The molecule has 0 aliphatic carbocycles. The molecule has 0 aliphatic heterocycles. The first-order chi connectivity index (χ1) is 2.91. The largest absolute Gasteiger partial charge is 0.0533 e. The van der Waals surface area contributed by atoms with Crippen LogP contribution < -0.4 is 0 Å². The van der Waals surface area contributed by atoms with Crippen LogP contribution in [0.3, 0.4) is 0 Å². The molecular weight excluding hydrogens is 72.1 g/mol. The van der Waals surface area contributed by atoms with Crippen molar-refractivity contribution in [3.8, 4) is 0 Å². The average molecular weight is 83.2 g/mol. The van der Waals surface area contributed by atoms with Crippen LogP contribution in [0.15, 0.2) is 0 Å². The molecule has 0 saturated heterocycles. The Kier molecular flexibility index (Phi) is 5.00. The third kappa shape index (κ3) is 4.00. The van der Waals surface area contributed by atoms with Gasteiger partial charge in [-0.15, -0.1) is 0 Å². The molecule has 0 aromatic heterocycles. The standard InChI is InChI=1S/C6H11/c1-3-5-6-4-2/h3H,1-2,4-6H2. The van der Waals surface area contributed by atoms with Gasteiger partial charge in [-0.1, -0.05) is 26.2 Å². The molecule has 0 N–H and O–H groups in total. The highest BCUT2D eigenvalue weighted by molar-refractivity contribution is 4.65. The van der Waals surface area contributed by atoms with Crippen LogP contribution in [0, 0.1) is 20.3 Å². The molecule has 0 amide bonds. The third-order valence-electron chi connectivity index (χ3n) is 0.658. The van der Waals surface area contributed by atoms with E-state index in [1.54, 1.807) is 0 Å². The average Bonchev–Trinajstić information content (AvgIpc) is 1.61. The molecule has 0 nitrogen and oxygen atoms in total. The molecular formula is C6H11. The Hall–Kier alpha value is 0. The van der Waals surface area contributed by atoms with Crippen LogP contribution in [-0.2, 0) is 0 Å². The molecule has 0 rings (SSSR count). The molecule has 0 heteroatoms. The Morgan fingerprint density at radius 1 is 1.50 bits per heavy atom. The maximum absolute atomic E-state index is 3.68. The second kappa shape index (κ2) is 5.00. The van der Waals surface area contributed by atoms with Crippen molar-refractivity contribution in [2.24, 2.45) is 0 Å². The summed E-state index contributed by atoms with van der Waals surface area (Å²) >= 11 is 0. The van der Waals surface area contributed by atoms with Gasteiger partial charge in [0.1, 0.15) is 0 Å². The zero-order valence-electron chi connectivity index (χ0n) is 4.11. The summed E-state index contributed by atoms with van der Waals surface area (Å²) in [5.41, 5.74) is 0. The van der Waals surface area contributed by atoms with Gasteiger partial charge in [-0.2, -0.15) is 0 Å². The van der Waals surface area contributed by atoms with Crippen LogP contribution in [0.25, 0.3) is 0 Å². The van der Waals surface area contributed by atoms with Crippen LogP contribution in [0.4, 0.5) is 0 Å². The maximum Gasteiger partial charge on any atom is -0.0386 e. The van der Waals surface area contributed by atoms with Crippen molar-refractivity contribution in [2.75, 3.05) is 0 Å². The minimum Gasteiger partial charge on any atom is -0.0533 e. The van der Waals surface area contributed by atoms with Gasteiger partial charge in [0.15, 0.2) is 0 Å². The van der Waals surface area contributed by atoms with Crippen molar-refractivity contribution in [3.05, 3.63) is 20.3 Å². The summed E-state index contributed by atoms with van der Waals surface area (Å²) in [4.78, 5) is 0. The summed E-state index contributed by atoms with van der Waals surface area (Å²) in [6.07, 6.45) is 5.25. The molecule has 0 unspecified atom stereocenters. The van der Waals surface area contributed by atoms with E-state index in [1.807, 2.05) is 6.42 Å². The predicted molar refractivity (Wildman–Crippen MR) is 28.9 cm³/mol. The molecule has 6 heavy (non-hydrogen) atoms. The first-order valence-corrected chi connectivity index (χ1v) is 2.32. The van der Waals surface area contributed by atoms with Crippen molar-refractivity contribution in [1.29, 1.82) is 0 Å². The van der Waals surface area contributed by atoms with Gasteiger partial charge in [0.2, 0.25) is 0 Å². The molecule has 35 valence electrons. The Labute approximate surface area is 40.6 Å². The molecule has 0 atom stereocenters. The van der Waals surface area contributed by atoms with Crippen LogP contribution in [-0.4, -0.2) is 0 Å². The lowest BCUT2D eigenvalue weighted by Gasteiger charge is -1.85. The molecule has 0 heterocycles. The fourth-order valence-corrected chi connectivity index (χ4v) is 0.289. The highest BCUT2D eigenvalue weighted by atomic mass is 13.8. The van der Waals surface area contributed by atoms with E-state index in [1.165, 1.54) is 6.42 Å². The fraction of sp³-hybridized carbons (Fsp3) is 0.500. The summed E-state index contributed by atoms with van der Waals surface area (Å²) in [7, 11) is 0. The van der Waals surface area contributed by atoms with Gasteiger partial charge in [-0.05, 0) is 13.3 Å². The van der Waals surface area contributed by atoms with Gasteiger partial charge < -0.3 is 0 Å². The Morgan fingerprint density at radius 2 is 2.17 bits per heavy atom. The molecule has 0 fully saturated rings. The second-order valence-corrected chi connectivity index (χ2v) is 1.28. The Bertz CT molecular complexity index is 12.0. The lowest BCUT2D eigenvalue weighted by Crippen LogP contribution is -1.68. The second-order valence-electron chi connectivity index (χ2n) is 1.28. The minimum absolute atomic E-state index is 1.03. The van der Waals surface area contributed by atoms with Crippen molar-refractivity contribution in [2.45, 2.75) is 19.3 Å². The Morgan fingerprint density at radius 3 is 2.33 bits per heavy atom. The van der Waals surface area contributed by atoms with E-state index in [-0.39, 0.29) is 0 Å². The molecule has 0 spiro atoms. The highest BCUT2D eigenvalue weighted by Gasteiger charge is 1.76. The van der Waals surface area contributed by atoms with E-state index in [2.05, 4.69) is 13.8 Å². The van der Waals surface area contributed by atoms with Crippen molar-refractivity contribution in [1.82, 2.24) is 0 Å². The van der Waals surface area contributed by atoms with Crippen molar-refractivity contribution < 1.29 is 0 Å². The van der Waals surface area contributed by atoms with Crippen LogP contribution in [0.2, 0.25) is 0 Å². The van der Waals surface area contributed by atoms with E-state index in [4.69, 9.17) is 0 Å². The van der Waals surface area contributed by atoms with Gasteiger partial charge in [0, 0.05) is 0 Å². The first kappa shape index (κ1) is 6.00. The van der Waals surface area contributed by atoms with Crippen molar-refractivity contribution >= 4 is 0 Å². The number of hydrogen-bond donors (Lipinski definition) is 0. The lowest BCUT2D eigenvalue weighted by atomic mass is 10.2. The highest BCUT2D eigenvalue weighted by Crippen LogP contribution is 1.93. The molecule has 0 aromatic carbocycles. The maximum atomic E-state index is 3.68. The SMILES string of the molecule is [CH2][CH]CCC[CH2]. The van der Waals surface area contributed by atoms with E-state index < -0.39 is 0 Å². The first-order valence-electron chi connectivity index (χ1n) is 2.32. The zero-order valence-corrected chi connectivity index (χ0v) is 4.11. The van der Waals surface area contributed by atoms with Crippen LogP contribution >= 0.6 is 0 Å². The topological polar surface area (TPSA) is 0 Å². The van der Waals surface area contributed by atoms with Gasteiger partial charge in [-0.3, -0.25) is 0 Å². The van der Waals surface area contributed by atoms with Gasteiger partial charge in [-0.25, -0.2) is 0 Å². The van der Waals surface area contributed by atoms with Gasteiger partial charge in [0.05, 0.1) is 0 Å². The van der Waals surface area contributed by atoms with E-state index >= 15 is 0 Å². The number of rotatable bonds is 3. The lowest BCUT2D eigenvalue weighted by molar-refractivity contribution is 0.840. The predicted octanol–water partition coefficient (Wildman–Crippen LogP) is 2.03. The normalized spacial score (nSPS) is 9.00. The summed E-state index contributed by atoms with van der Waals surface area (Å²) < 4.78 is 0.